The molecule has 2 heterocycles. The number of nitriles is 1. The van der Waals surface area contributed by atoms with Crippen molar-refractivity contribution in [3.05, 3.63) is 116 Å². The molecule has 1 aliphatic carbocycles. The van der Waals surface area contributed by atoms with Gasteiger partial charge in [0.25, 0.3) is 0 Å². The average Bonchev–Trinajstić information content (AvgIpc) is 3.70. The third-order valence-corrected chi connectivity index (χ3v) is 11.2. The van der Waals surface area contributed by atoms with Crippen LogP contribution in [-0.4, -0.2) is 51.9 Å². The predicted octanol–water partition coefficient (Wildman–Crippen LogP) is 4.96. The Bertz CT molecular complexity index is 2540. The molecule has 0 atom stereocenters. The molecule has 0 radical (unpaired) electrons. The lowest BCUT2D eigenvalue weighted by atomic mass is 9.79. The largest absolute Gasteiger partial charge is 0.416 e. The number of hydrogen-bond acceptors (Lipinski definition) is 7. The van der Waals surface area contributed by atoms with Crippen LogP contribution in [0.3, 0.4) is 0 Å². The Morgan fingerprint density at radius 2 is 1.67 bits per heavy atom. The van der Waals surface area contributed by atoms with Crippen LogP contribution in [0.1, 0.15) is 51.9 Å². The summed E-state index contributed by atoms with van der Waals surface area (Å²) in [4.78, 5) is 41.1. The van der Waals surface area contributed by atoms with Crippen molar-refractivity contribution < 1.29 is 31.2 Å². The van der Waals surface area contributed by atoms with Gasteiger partial charge in [-0.05, 0) is 124 Å². The molecule has 2 aromatic heterocycles. The van der Waals surface area contributed by atoms with Crippen molar-refractivity contribution >= 4 is 22.0 Å². The number of amides is 2. The molecule has 6 rings (SSSR count). The topological polar surface area (TPSA) is 187 Å². The SMILES string of the molecule is Cc1c(CCNC(=O)[C@H]2C[C@@H](NC(=O)n3c(-c4ccnn4-c4ccc(C#N)cc4)c(C)n(-c4cccc(C(F)(F)F)c4)c3=O)C2)cc(S(N)(=O)=O)c(C)c1C. The Morgan fingerprint density at radius 1 is 0.982 bits per heavy atom. The van der Waals surface area contributed by atoms with E-state index in [1.165, 1.54) is 36.0 Å². The third-order valence-electron chi connectivity index (χ3n) is 10.2. The Labute approximate surface area is 314 Å². The summed E-state index contributed by atoms with van der Waals surface area (Å²) in [7, 11) is -3.94. The lowest BCUT2D eigenvalue weighted by Gasteiger charge is -2.34. The maximum atomic E-state index is 14.1. The second-order valence-electron chi connectivity index (χ2n) is 13.5. The monoisotopic (exact) mass is 774 g/mol. The maximum Gasteiger partial charge on any atom is 0.416 e. The van der Waals surface area contributed by atoms with Crippen LogP contribution in [0.2, 0.25) is 0 Å². The molecule has 17 heteroatoms. The van der Waals surface area contributed by atoms with E-state index in [9.17, 15) is 41.2 Å². The number of halogens is 3. The van der Waals surface area contributed by atoms with E-state index >= 15 is 0 Å². The van der Waals surface area contributed by atoms with Gasteiger partial charge in [-0.15, -0.1) is 0 Å². The van der Waals surface area contributed by atoms with Gasteiger partial charge in [0.1, 0.15) is 5.69 Å². The fourth-order valence-electron chi connectivity index (χ4n) is 6.88. The van der Waals surface area contributed by atoms with Crippen molar-refractivity contribution in [2.24, 2.45) is 11.1 Å². The van der Waals surface area contributed by atoms with Crippen molar-refractivity contribution in [1.29, 1.82) is 5.26 Å². The van der Waals surface area contributed by atoms with Crippen LogP contribution in [0.5, 0.6) is 0 Å². The molecule has 4 N–H and O–H groups in total. The zero-order valence-electron chi connectivity index (χ0n) is 30.2. The Morgan fingerprint density at radius 3 is 2.31 bits per heavy atom. The molecule has 1 saturated carbocycles. The highest BCUT2D eigenvalue weighted by molar-refractivity contribution is 7.89. The molecule has 1 fully saturated rings. The number of alkyl halides is 3. The summed E-state index contributed by atoms with van der Waals surface area (Å²) in [5.41, 5.74) is 2.41. The predicted molar refractivity (Wildman–Crippen MR) is 196 cm³/mol. The van der Waals surface area contributed by atoms with Gasteiger partial charge in [-0.2, -0.15) is 23.5 Å². The zero-order chi connectivity index (χ0) is 40.0. The summed E-state index contributed by atoms with van der Waals surface area (Å²) < 4.78 is 68.6. The number of nitrogens with zero attached hydrogens (tertiary/aromatic N) is 5. The van der Waals surface area contributed by atoms with Crippen LogP contribution in [0.4, 0.5) is 18.0 Å². The first kappa shape index (κ1) is 38.7. The molecule has 3 aromatic carbocycles. The van der Waals surface area contributed by atoms with Gasteiger partial charge in [0.15, 0.2) is 0 Å². The number of sulfonamides is 1. The highest BCUT2D eigenvalue weighted by Crippen LogP contribution is 2.33. The molecule has 2 amide bonds. The average molecular weight is 775 g/mol. The molecule has 0 bridgehead atoms. The molecule has 286 valence electrons. The number of nitrogens with one attached hydrogen (secondary N) is 2. The van der Waals surface area contributed by atoms with Gasteiger partial charge in [-0.3, -0.25) is 9.36 Å². The van der Waals surface area contributed by atoms with Gasteiger partial charge in [-0.25, -0.2) is 32.4 Å². The summed E-state index contributed by atoms with van der Waals surface area (Å²) in [6.45, 7) is 7.12. The van der Waals surface area contributed by atoms with E-state index in [0.29, 0.717) is 23.2 Å². The van der Waals surface area contributed by atoms with E-state index in [4.69, 9.17) is 5.14 Å². The lowest BCUT2D eigenvalue weighted by molar-refractivity contribution is -0.137. The summed E-state index contributed by atoms with van der Waals surface area (Å²) in [6, 6.07) is 14.4. The molecule has 1 aliphatic rings. The molecule has 55 heavy (non-hydrogen) atoms. The van der Waals surface area contributed by atoms with E-state index in [-0.39, 0.29) is 53.0 Å². The highest BCUT2D eigenvalue weighted by Gasteiger charge is 2.37. The number of primary sulfonamides is 1. The minimum absolute atomic E-state index is 0.0378. The smallest absolute Gasteiger partial charge is 0.356 e. The number of hydrogen-bond donors (Lipinski definition) is 3. The summed E-state index contributed by atoms with van der Waals surface area (Å²) >= 11 is 0. The number of rotatable bonds is 9. The minimum Gasteiger partial charge on any atom is -0.356 e. The van der Waals surface area contributed by atoms with Crippen LogP contribution < -0.4 is 21.5 Å². The quantitative estimate of drug-likeness (QED) is 0.189. The van der Waals surface area contributed by atoms with E-state index in [2.05, 4.69) is 15.7 Å². The normalized spacial score (nSPS) is 15.6. The van der Waals surface area contributed by atoms with E-state index in [1.54, 1.807) is 37.3 Å². The van der Waals surface area contributed by atoms with Gasteiger partial charge in [0.05, 0.1) is 51.1 Å². The number of carbonyl (C=O) groups excluding carboxylic acids is 2. The van der Waals surface area contributed by atoms with Gasteiger partial charge < -0.3 is 10.6 Å². The van der Waals surface area contributed by atoms with Crippen LogP contribution >= 0.6 is 0 Å². The standard InChI is InChI=1S/C38H37F3N8O5S/c1-21-22(2)26(18-33(23(21)3)55(43,53)54)12-14-44-35(50)27-16-29(17-27)46-36(51)48-34(32-13-15-45-49(32)30-10-8-25(20-42)9-11-30)24(4)47(37(48)52)31-7-5-6-28(19-31)38(39,40)41/h5-11,13,15,18-19,27,29H,12,14,16-17H2,1-4H3,(H,44,50)(H,46,51)(H2,43,53,54)/t27-,29+. The van der Waals surface area contributed by atoms with Crippen molar-refractivity contribution in [3.63, 3.8) is 0 Å². The second-order valence-corrected chi connectivity index (χ2v) is 15.1. The van der Waals surface area contributed by atoms with Gasteiger partial charge in [0, 0.05) is 18.5 Å². The maximum absolute atomic E-state index is 14.1. The summed E-state index contributed by atoms with van der Waals surface area (Å²) in [6.07, 6.45) is -2.36. The third kappa shape index (κ3) is 7.55. The Kier molecular flexibility index (Phi) is 10.3. The molecular weight excluding hydrogens is 738 g/mol. The second kappa shape index (κ2) is 14.7. The van der Waals surface area contributed by atoms with E-state index < -0.39 is 45.4 Å². The first-order valence-corrected chi connectivity index (χ1v) is 18.7. The van der Waals surface area contributed by atoms with Crippen molar-refractivity contribution in [2.45, 2.75) is 64.1 Å². The number of carbonyl (C=O) groups is 2. The summed E-state index contributed by atoms with van der Waals surface area (Å²) in [5.74, 6) is -0.703. The number of aromatic nitrogens is 4. The molecule has 0 spiro atoms. The number of imidazole rings is 1. The van der Waals surface area contributed by atoms with Crippen molar-refractivity contribution in [2.75, 3.05) is 6.54 Å². The van der Waals surface area contributed by atoms with E-state index in [0.717, 1.165) is 38.0 Å². The molecule has 0 unspecified atom stereocenters. The first-order chi connectivity index (χ1) is 25.9. The Hall–Kier alpha value is -5.99. The van der Waals surface area contributed by atoms with Gasteiger partial charge in [0.2, 0.25) is 15.9 Å². The van der Waals surface area contributed by atoms with Gasteiger partial charge >= 0.3 is 17.9 Å². The molecule has 0 saturated heterocycles. The van der Waals surface area contributed by atoms with E-state index in [1.807, 2.05) is 19.9 Å². The fraction of sp³-hybridized carbons (Fsp3) is 0.289. The van der Waals surface area contributed by atoms with Crippen LogP contribution in [0.15, 0.2) is 76.6 Å². The summed E-state index contributed by atoms with van der Waals surface area (Å²) in [5, 5.41) is 24.7. The lowest BCUT2D eigenvalue weighted by Crippen LogP contribution is -2.51. The van der Waals surface area contributed by atoms with Crippen molar-refractivity contribution in [1.82, 2.24) is 29.5 Å². The number of nitrogens with two attached hydrogens (primary N) is 1. The minimum atomic E-state index is -4.69. The molecule has 5 aromatic rings. The number of benzene rings is 3. The van der Waals surface area contributed by atoms with Crippen molar-refractivity contribution in [3.8, 4) is 28.8 Å². The molecule has 0 aliphatic heterocycles. The van der Waals surface area contributed by atoms with Crippen LogP contribution in [0.25, 0.3) is 22.8 Å². The van der Waals surface area contributed by atoms with Gasteiger partial charge in [-0.1, -0.05) is 6.07 Å². The zero-order valence-corrected chi connectivity index (χ0v) is 31.0. The highest BCUT2D eigenvalue weighted by atomic mass is 32.2. The fourth-order valence-corrected chi connectivity index (χ4v) is 7.76. The van der Waals surface area contributed by atoms with Crippen LogP contribution in [-0.2, 0) is 27.4 Å². The molecular formula is C38H37F3N8O5S. The van der Waals surface area contributed by atoms with Crippen LogP contribution in [0, 0.1) is 44.9 Å². The first-order valence-electron chi connectivity index (χ1n) is 17.2. The Balaban J connectivity index is 1.23. The molecule has 13 nitrogen and oxygen atoms in total.